The van der Waals surface area contributed by atoms with Gasteiger partial charge in [0.05, 0.1) is 0 Å². The van der Waals surface area contributed by atoms with Crippen molar-refractivity contribution in [1.29, 1.82) is 0 Å². The van der Waals surface area contributed by atoms with Crippen molar-refractivity contribution < 1.29 is 0 Å². The van der Waals surface area contributed by atoms with Gasteiger partial charge in [-0.15, -0.1) is 0 Å². The molecule has 2 aliphatic carbocycles. The van der Waals surface area contributed by atoms with Gasteiger partial charge in [0.2, 0.25) is 0 Å². The van der Waals surface area contributed by atoms with Crippen molar-refractivity contribution in [1.82, 2.24) is 4.90 Å². The summed E-state index contributed by atoms with van der Waals surface area (Å²) in [6.45, 7) is 6.54. The van der Waals surface area contributed by atoms with Crippen LogP contribution < -0.4 is 5.73 Å². The van der Waals surface area contributed by atoms with Gasteiger partial charge in [-0.3, -0.25) is 4.90 Å². The lowest BCUT2D eigenvalue weighted by molar-refractivity contribution is 0.114. The van der Waals surface area contributed by atoms with E-state index in [9.17, 15) is 0 Å². The lowest BCUT2D eigenvalue weighted by atomic mass is 9.97. The molecule has 0 amide bonds. The lowest BCUT2D eigenvalue weighted by Gasteiger charge is -2.37. The smallest absolute Gasteiger partial charge is 0.0357 e. The molecular formula is C18H28N2. The van der Waals surface area contributed by atoms with E-state index in [2.05, 4.69) is 36.9 Å². The fourth-order valence-electron chi connectivity index (χ4n) is 4.46. The van der Waals surface area contributed by atoms with Crippen LogP contribution in [0.15, 0.2) is 18.2 Å². The van der Waals surface area contributed by atoms with Crippen LogP contribution in [0.4, 0.5) is 0 Å². The zero-order valence-corrected chi connectivity index (χ0v) is 12.9. The summed E-state index contributed by atoms with van der Waals surface area (Å²) < 4.78 is 0. The van der Waals surface area contributed by atoms with Gasteiger partial charge in [-0.25, -0.2) is 0 Å². The second-order valence-corrected chi connectivity index (χ2v) is 6.58. The third-order valence-corrected chi connectivity index (χ3v) is 5.46. The molecule has 2 aliphatic rings. The molecule has 3 unspecified atom stereocenters. The number of hydrogen-bond donors (Lipinski definition) is 1. The maximum absolute atomic E-state index is 6.01. The first-order valence-electron chi connectivity index (χ1n) is 8.29. The number of nitrogens with zero attached hydrogens (tertiary/aromatic N) is 1. The van der Waals surface area contributed by atoms with Crippen LogP contribution in [0.5, 0.6) is 0 Å². The molecule has 3 rings (SSSR count). The largest absolute Gasteiger partial charge is 0.330 e. The Morgan fingerprint density at radius 2 is 2.10 bits per heavy atom. The second kappa shape index (κ2) is 5.87. The maximum Gasteiger partial charge on any atom is 0.0357 e. The predicted molar refractivity (Wildman–Crippen MR) is 84.8 cm³/mol. The normalized spacial score (nSPS) is 29.1. The van der Waals surface area contributed by atoms with E-state index in [1.54, 1.807) is 11.1 Å². The van der Waals surface area contributed by atoms with Gasteiger partial charge >= 0.3 is 0 Å². The Balaban J connectivity index is 1.87. The molecule has 1 fully saturated rings. The van der Waals surface area contributed by atoms with Crippen molar-refractivity contribution >= 4 is 0 Å². The first kappa shape index (κ1) is 14.1. The van der Waals surface area contributed by atoms with E-state index in [0.29, 0.717) is 18.0 Å². The number of benzene rings is 1. The summed E-state index contributed by atoms with van der Waals surface area (Å²) in [5, 5.41) is 0. The summed E-state index contributed by atoms with van der Waals surface area (Å²) in [4.78, 5) is 2.76. The number of fused-ring (bicyclic) bond motifs is 1. The fourth-order valence-corrected chi connectivity index (χ4v) is 4.46. The number of nitrogens with two attached hydrogens (primary N) is 1. The molecule has 0 heterocycles. The average Bonchev–Trinajstić information content (AvgIpc) is 3.07. The molecule has 1 aromatic rings. The standard InChI is InChI=1S/C18H28N2/c1-3-20(17-6-4-5-15(17)12-19)18-10-9-14-8-7-13(2)11-16(14)18/h7-8,11,15,17-18H,3-6,9-10,12,19H2,1-2H3. The topological polar surface area (TPSA) is 29.3 Å². The minimum atomic E-state index is 0.632. The Bertz CT molecular complexity index is 468. The van der Waals surface area contributed by atoms with Gasteiger partial charge in [0.25, 0.3) is 0 Å². The third kappa shape index (κ3) is 2.40. The van der Waals surface area contributed by atoms with Crippen molar-refractivity contribution in [3.05, 3.63) is 34.9 Å². The highest BCUT2D eigenvalue weighted by Gasteiger charge is 2.36. The van der Waals surface area contributed by atoms with E-state index in [1.807, 2.05) is 0 Å². The average molecular weight is 272 g/mol. The molecule has 2 nitrogen and oxygen atoms in total. The van der Waals surface area contributed by atoms with Crippen LogP contribution in [0.2, 0.25) is 0 Å². The van der Waals surface area contributed by atoms with E-state index in [0.717, 1.165) is 13.1 Å². The Morgan fingerprint density at radius 3 is 2.85 bits per heavy atom. The van der Waals surface area contributed by atoms with Crippen LogP contribution in [0.3, 0.4) is 0 Å². The molecule has 0 aliphatic heterocycles. The van der Waals surface area contributed by atoms with Crippen LogP contribution in [0.1, 0.15) is 55.3 Å². The zero-order valence-electron chi connectivity index (χ0n) is 12.9. The van der Waals surface area contributed by atoms with Gasteiger partial charge in [0.1, 0.15) is 0 Å². The molecule has 0 spiro atoms. The van der Waals surface area contributed by atoms with E-state index in [4.69, 9.17) is 5.73 Å². The van der Waals surface area contributed by atoms with Gasteiger partial charge in [-0.1, -0.05) is 37.1 Å². The van der Waals surface area contributed by atoms with Crippen molar-refractivity contribution in [2.45, 2.75) is 58.0 Å². The number of rotatable bonds is 4. The van der Waals surface area contributed by atoms with Crippen molar-refractivity contribution in [2.24, 2.45) is 11.7 Å². The molecule has 2 heteroatoms. The minimum absolute atomic E-state index is 0.632. The van der Waals surface area contributed by atoms with Gasteiger partial charge in [-0.2, -0.15) is 0 Å². The Labute approximate surface area is 123 Å². The third-order valence-electron chi connectivity index (χ3n) is 5.46. The molecule has 2 N–H and O–H groups in total. The van der Waals surface area contributed by atoms with Crippen molar-refractivity contribution in [3.8, 4) is 0 Å². The van der Waals surface area contributed by atoms with Gasteiger partial charge in [0, 0.05) is 12.1 Å². The number of hydrogen-bond acceptors (Lipinski definition) is 2. The maximum atomic E-state index is 6.01. The van der Waals surface area contributed by atoms with Crippen LogP contribution in [-0.4, -0.2) is 24.0 Å². The molecule has 1 saturated carbocycles. The summed E-state index contributed by atoms with van der Waals surface area (Å²) >= 11 is 0. The van der Waals surface area contributed by atoms with Gasteiger partial charge < -0.3 is 5.73 Å². The second-order valence-electron chi connectivity index (χ2n) is 6.58. The highest BCUT2D eigenvalue weighted by molar-refractivity contribution is 5.37. The highest BCUT2D eigenvalue weighted by atomic mass is 15.2. The first-order chi connectivity index (χ1) is 9.74. The van der Waals surface area contributed by atoms with Crippen LogP contribution >= 0.6 is 0 Å². The van der Waals surface area contributed by atoms with Gasteiger partial charge in [0.15, 0.2) is 0 Å². The first-order valence-corrected chi connectivity index (χ1v) is 8.29. The molecule has 1 aromatic carbocycles. The zero-order chi connectivity index (χ0) is 14.1. The van der Waals surface area contributed by atoms with E-state index < -0.39 is 0 Å². The molecule has 0 radical (unpaired) electrons. The van der Waals surface area contributed by atoms with E-state index in [1.165, 1.54) is 37.7 Å². The summed E-state index contributed by atoms with van der Waals surface area (Å²) in [7, 11) is 0. The molecular weight excluding hydrogens is 244 g/mol. The molecule has 3 atom stereocenters. The lowest BCUT2D eigenvalue weighted by Crippen LogP contribution is -2.42. The summed E-state index contributed by atoms with van der Waals surface area (Å²) in [6, 6.07) is 8.36. The fraction of sp³-hybridized carbons (Fsp3) is 0.667. The highest BCUT2D eigenvalue weighted by Crippen LogP contribution is 2.41. The monoisotopic (exact) mass is 272 g/mol. The summed E-state index contributed by atoms with van der Waals surface area (Å²) in [6.07, 6.45) is 6.56. The summed E-state index contributed by atoms with van der Waals surface area (Å²) in [5.74, 6) is 0.712. The van der Waals surface area contributed by atoms with Crippen molar-refractivity contribution in [2.75, 3.05) is 13.1 Å². The molecule has 20 heavy (non-hydrogen) atoms. The Kier molecular flexibility index (Phi) is 4.13. The number of aryl methyl sites for hydroxylation is 2. The van der Waals surface area contributed by atoms with E-state index >= 15 is 0 Å². The molecule has 0 bridgehead atoms. The van der Waals surface area contributed by atoms with Crippen LogP contribution in [0.25, 0.3) is 0 Å². The van der Waals surface area contributed by atoms with Gasteiger partial charge in [-0.05, 0) is 62.7 Å². The molecule has 0 aromatic heterocycles. The predicted octanol–water partition coefficient (Wildman–Crippen LogP) is 3.43. The Hall–Kier alpha value is -0.860. The summed E-state index contributed by atoms with van der Waals surface area (Å²) in [5.41, 5.74) is 10.6. The van der Waals surface area contributed by atoms with Crippen LogP contribution in [0, 0.1) is 12.8 Å². The van der Waals surface area contributed by atoms with Crippen molar-refractivity contribution in [3.63, 3.8) is 0 Å². The van der Waals surface area contributed by atoms with Crippen LogP contribution in [-0.2, 0) is 6.42 Å². The minimum Gasteiger partial charge on any atom is -0.330 e. The quantitative estimate of drug-likeness (QED) is 0.910. The molecule has 0 saturated heterocycles. The SMILES string of the molecule is CCN(C1CCc2ccc(C)cc21)C1CCCC1CN. The Morgan fingerprint density at radius 1 is 1.25 bits per heavy atom. The molecule has 110 valence electrons. The van der Waals surface area contributed by atoms with E-state index in [-0.39, 0.29) is 0 Å².